The van der Waals surface area contributed by atoms with E-state index in [2.05, 4.69) is 22.1 Å². The van der Waals surface area contributed by atoms with E-state index in [-0.39, 0.29) is 11.8 Å². The molecule has 0 spiro atoms. The monoisotopic (exact) mass is 477 g/mol. The summed E-state index contributed by atoms with van der Waals surface area (Å²) in [7, 11) is 1.62. The Morgan fingerprint density at radius 1 is 1.21 bits per heavy atom. The molecule has 1 atom stereocenters. The predicted octanol–water partition coefficient (Wildman–Crippen LogP) is 4.38. The number of ether oxygens (including phenoxy) is 1. The molecule has 0 bridgehead atoms. The minimum Gasteiger partial charge on any atom is -0.497 e. The number of nitrogens with one attached hydrogen (secondary N) is 1. The van der Waals surface area contributed by atoms with Crippen molar-refractivity contribution in [2.24, 2.45) is 0 Å². The maximum Gasteiger partial charge on any atom is 0.250 e. The Balaban J connectivity index is 1.64. The zero-order valence-corrected chi connectivity index (χ0v) is 20.4. The van der Waals surface area contributed by atoms with Crippen molar-refractivity contribution in [3.05, 3.63) is 61.2 Å². The highest BCUT2D eigenvalue weighted by molar-refractivity contribution is 8.00. The second kappa shape index (κ2) is 9.34. The Morgan fingerprint density at radius 2 is 1.91 bits per heavy atom. The molecule has 1 unspecified atom stereocenters. The van der Waals surface area contributed by atoms with Crippen LogP contribution in [0.25, 0.3) is 11.4 Å². The van der Waals surface area contributed by atoms with Gasteiger partial charge in [0.1, 0.15) is 11.3 Å². The van der Waals surface area contributed by atoms with E-state index in [1.807, 2.05) is 54.0 Å². The zero-order valence-electron chi connectivity index (χ0n) is 19.6. The number of anilines is 2. The molecule has 0 radical (unpaired) electrons. The van der Waals surface area contributed by atoms with E-state index in [9.17, 15) is 9.59 Å². The van der Waals surface area contributed by atoms with Crippen LogP contribution in [0.3, 0.4) is 0 Å². The molecule has 0 saturated carbocycles. The van der Waals surface area contributed by atoms with Crippen LogP contribution in [0, 0.1) is 0 Å². The van der Waals surface area contributed by atoms with Crippen LogP contribution >= 0.6 is 11.8 Å². The minimum atomic E-state index is -1.04. The molecule has 1 aromatic heterocycles. The maximum atomic E-state index is 13.7. The first-order chi connectivity index (χ1) is 16.3. The fourth-order valence-electron chi connectivity index (χ4n) is 3.86. The number of fused-ring (bicyclic) bond motifs is 1. The number of benzene rings is 2. The Kier molecular flexibility index (Phi) is 6.47. The molecule has 4 rings (SSSR count). The molecule has 176 valence electrons. The molecule has 2 aromatic carbocycles. The van der Waals surface area contributed by atoms with E-state index in [1.54, 1.807) is 38.0 Å². The quantitative estimate of drug-likeness (QED) is 0.401. The van der Waals surface area contributed by atoms with E-state index in [0.717, 1.165) is 11.3 Å². The van der Waals surface area contributed by atoms with Gasteiger partial charge in [-0.25, -0.2) is 0 Å². The SMILES string of the molecule is C=CCn1c(SC(C)C(=O)N2c3ccccc3NC(=O)C2(C)C)nnc1-c1ccc(OC)cc1. The second-order valence-electron chi connectivity index (χ2n) is 8.40. The fraction of sp³-hybridized carbons (Fsp3) is 0.280. The number of hydrogen-bond donors (Lipinski definition) is 1. The largest absolute Gasteiger partial charge is 0.497 e. The number of allylic oxidation sites excluding steroid dienone is 1. The summed E-state index contributed by atoms with van der Waals surface area (Å²) in [5, 5.41) is 11.7. The molecule has 8 nitrogen and oxygen atoms in total. The highest BCUT2D eigenvalue weighted by atomic mass is 32.2. The van der Waals surface area contributed by atoms with Gasteiger partial charge in [-0.3, -0.25) is 19.1 Å². The summed E-state index contributed by atoms with van der Waals surface area (Å²) in [6, 6.07) is 14.9. The third-order valence-electron chi connectivity index (χ3n) is 5.73. The van der Waals surface area contributed by atoms with Crippen LogP contribution in [0.2, 0.25) is 0 Å². The summed E-state index contributed by atoms with van der Waals surface area (Å²) in [4.78, 5) is 28.0. The van der Waals surface area contributed by atoms with Crippen LogP contribution in [0.5, 0.6) is 5.75 Å². The van der Waals surface area contributed by atoms with Gasteiger partial charge >= 0.3 is 0 Å². The molecule has 0 aliphatic carbocycles. The molecule has 1 N–H and O–H groups in total. The second-order valence-corrected chi connectivity index (χ2v) is 9.71. The van der Waals surface area contributed by atoms with Gasteiger partial charge in [0.15, 0.2) is 11.0 Å². The first-order valence-electron chi connectivity index (χ1n) is 10.9. The number of methoxy groups -OCH3 is 1. The Hall–Kier alpha value is -3.59. The normalized spacial score (nSPS) is 15.3. The highest BCUT2D eigenvalue weighted by Crippen LogP contribution is 2.39. The van der Waals surface area contributed by atoms with Gasteiger partial charge in [-0.15, -0.1) is 16.8 Å². The van der Waals surface area contributed by atoms with Crippen molar-refractivity contribution >= 4 is 35.0 Å². The highest BCUT2D eigenvalue weighted by Gasteiger charge is 2.45. The summed E-state index contributed by atoms with van der Waals surface area (Å²) in [6.07, 6.45) is 1.77. The van der Waals surface area contributed by atoms with Crippen molar-refractivity contribution in [3.63, 3.8) is 0 Å². The van der Waals surface area contributed by atoms with Gasteiger partial charge in [0.25, 0.3) is 0 Å². The lowest BCUT2D eigenvalue weighted by Crippen LogP contribution is -2.60. The van der Waals surface area contributed by atoms with E-state index < -0.39 is 10.8 Å². The van der Waals surface area contributed by atoms with Crippen LogP contribution in [0.15, 0.2) is 66.3 Å². The van der Waals surface area contributed by atoms with Crippen molar-refractivity contribution in [3.8, 4) is 17.1 Å². The van der Waals surface area contributed by atoms with Gasteiger partial charge in [0.05, 0.1) is 23.7 Å². The average molecular weight is 478 g/mol. The standard InChI is InChI=1S/C25H27N5O3S/c1-6-15-29-21(17-11-13-18(33-5)14-12-17)27-28-24(29)34-16(2)22(31)30-20-10-8-7-9-19(20)26-23(32)25(30,3)4/h6-14,16H,1,15H2,2-5H3,(H,26,32). The fourth-order valence-corrected chi connectivity index (χ4v) is 4.76. The predicted molar refractivity (Wildman–Crippen MR) is 134 cm³/mol. The molecule has 9 heteroatoms. The first kappa shape index (κ1) is 23.6. The number of thioether (sulfide) groups is 1. The Bertz CT molecular complexity index is 1240. The summed E-state index contributed by atoms with van der Waals surface area (Å²) >= 11 is 1.31. The van der Waals surface area contributed by atoms with Crippen LogP contribution in [-0.2, 0) is 16.1 Å². The van der Waals surface area contributed by atoms with Gasteiger partial charge in [-0.05, 0) is 57.2 Å². The molecule has 0 fully saturated rings. The van der Waals surface area contributed by atoms with Crippen molar-refractivity contribution in [2.45, 2.75) is 43.3 Å². The molecular formula is C25H27N5O3S. The molecule has 1 aliphatic heterocycles. The lowest BCUT2D eigenvalue weighted by molar-refractivity contribution is -0.126. The topological polar surface area (TPSA) is 89.4 Å². The number of carbonyl (C=O) groups is 2. The molecule has 34 heavy (non-hydrogen) atoms. The maximum absolute atomic E-state index is 13.7. The van der Waals surface area contributed by atoms with Crippen LogP contribution in [-0.4, -0.2) is 44.5 Å². The van der Waals surface area contributed by atoms with E-state index >= 15 is 0 Å². The van der Waals surface area contributed by atoms with Crippen molar-refractivity contribution in [2.75, 3.05) is 17.3 Å². The van der Waals surface area contributed by atoms with Gasteiger partial charge in [-0.2, -0.15) is 0 Å². The van der Waals surface area contributed by atoms with Gasteiger partial charge in [0, 0.05) is 12.1 Å². The van der Waals surface area contributed by atoms with Crippen molar-refractivity contribution in [1.82, 2.24) is 14.8 Å². The molecular weight excluding hydrogens is 450 g/mol. The number of hydrogen-bond acceptors (Lipinski definition) is 6. The van der Waals surface area contributed by atoms with E-state index in [1.165, 1.54) is 11.8 Å². The summed E-state index contributed by atoms with van der Waals surface area (Å²) < 4.78 is 7.16. The summed E-state index contributed by atoms with van der Waals surface area (Å²) in [5.74, 6) is 1.01. The number of carbonyl (C=O) groups excluding carboxylic acids is 2. The molecule has 2 heterocycles. The number of amides is 2. The van der Waals surface area contributed by atoms with Crippen molar-refractivity contribution < 1.29 is 14.3 Å². The van der Waals surface area contributed by atoms with Gasteiger partial charge in [-0.1, -0.05) is 30.0 Å². The molecule has 1 aliphatic rings. The molecule has 2 amide bonds. The number of para-hydroxylation sites is 2. The number of aromatic nitrogens is 3. The molecule has 0 saturated heterocycles. The van der Waals surface area contributed by atoms with Gasteiger partial charge in [0.2, 0.25) is 11.8 Å². The Morgan fingerprint density at radius 3 is 2.59 bits per heavy atom. The smallest absolute Gasteiger partial charge is 0.250 e. The van der Waals surface area contributed by atoms with Gasteiger partial charge < -0.3 is 10.1 Å². The summed E-state index contributed by atoms with van der Waals surface area (Å²) in [6.45, 7) is 9.65. The van der Waals surface area contributed by atoms with E-state index in [0.29, 0.717) is 28.9 Å². The zero-order chi connectivity index (χ0) is 24.5. The number of rotatable bonds is 7. The minimum absolute atomic E-state index is 0.184. The first-order valence-corrected chi connectivity index (χ1v) is 11.8. The third-order valence-corrected chi connectivity index (χ3v) is 6.80. The average Bonchev–Trinajstić information content (AvgIpc) is 3.21. The van der Waals surface area contributed by atoms with Crippen LogP contribution in [0.1, 0.15) is 20.8 Å². The number of nitrogens with zero attached hydrogens (tertiary/aromatic N) is 4. The summed E-state index contributed by atoms with van der Waals surface area (Å²) in [5.41, 5.74) is 1.14. The Labute approximate surface area is 203 Å². The van der Waals surface area contributed by atoms with Crippen LogP contribution in [0.4, 0.5) is 11.4 Å². The van der Waals surface area contributed by atoms with Crippen LogP contribution < -0.4 is 15.0 Å². The van der Waals surface area contributed by atoms with E-state index in [4.69, 9.17) is 4.74 Å². The molecule has 3 aromatic rings. The lowest BCUT2D eigenvalue weighted by atomic mass is 9.96. The third kappa shape index (κ3) is 4.19. The van der Waals surface area contributed by atoms with Crippen molar-refractivity contribution in [1.29, 1.82) is 0 Å². The lowest BCUT2D eigenvalue weighted by Gasteiger charge is -2.43.